The maximum Gasteiger partial charge on any atom is 0.326 e. The van der Waals surface area contributed by atoms with E-state index in [2.05, 4.69) is 15.4 Å². The summed E-state index contributed by atoms with van der Waals surface area (Å²) in [6.45, 7) is 3.84. The lowest BCUT2D eigenvalue weighted by molar-refractivity contribution is -0.140. The molecule has 0 aliphatic carbocycles. The standard InChI is InChI=1S/C10H21N3O5S/c1-7(2)8(9(14)15)13-10(16)11-5-4-6-12-19(3,17)18/h7-8,12H,4-6H2,1-3H3,(H,14,15)(H2,11,13,16). The fraction of sp³-hybridized carbons (Fsp3) is 0.800. The Hall–Kier alpha value is -1.35. The van der Waals surface area contributed by atoms with Crippen molar-refractivity contribution in [1.29, 1.82) is 0 Å². The van der Waals surface area contributed by atoms with Gasteiger partial charge in [0.1, 0.15) is 6.04 Å². The van der Waals surface area contributed by atoms with Crippen LogP contribution in [0.3, 0.4) is 0 Å². The fourth-order valence-electron chi connectivity index (χ4n) is 1.25. The van der Waals surface area contributed by atoms with Gasteiger partial charge in [-0.25, -0.2) is 22.7 Å². The number of urea groups is 1. The van der Waals surface area contributed by atoms with Crippen molar-refractivity contribution in [2.45, 2.75) is 26.3 Å². The average molecular weight is 295 g/mol. The molecule has 0 aromatic carbocycles. The zero-order chi connectivity index (χ0) is 15.1. The second kappa shape index (κ2) is 7.95. The molecule has 9 heteroatoms. The van der Waals surface area contributed by atoms with E-state index in [4.69, 9.17) is 5.11 Å². The molecule has 0 saturated heterocycles. The second-order valence-corrected chi connectivity index (χ2v) is 6.31. The maximum atomic E-state index is 11.4. The average Bonchev–Trinajstić information content (AvgIpc) is 2.22. The van der Waals surface area contributed by atoms with Gasteiger partial charge < -0.3 is 15.7 Å². The Morgan fingerprint density at radius 2 is 1.79 bits per heavy atom. The first kappa shape index (κ1) is 17.6. The summed E-state index contributed by atoms with van der Waals surface area (Å²) in [5.41, 5.74) is 0. The zero-order valence-electron chi connectivity index (χ0n) is 11.3. The van der Waals surface area contributed by atoms with Crippen molar-refractivity contribution in [2.24, 2.45) is 5.92 Å². The molecule has 0 aliphatic heterocycles. The van der Waals surface area contributed by atoms with Crippen LogP contribution in [-0.4, -0.2) is 50.9 Å². The Morgan fingerprint density at radius 1 is 1.21 bits per heavy atom. The van der Waals surface area contributed by atoms with Crippen LogP contribution in [0.15, 0.2) is 0 Å². The highest BCUT2D eigenvalue weighted by molar-refractivity contribution is 7.88. The molecule has 19 heavy (non-hydrogen) atoms. The minimum absolute atomic E-state index is 0.214. The Balaban J connectivity index is 3.90. The van der Waals surface area contributed by atoms with Gasteiger partial charge in [-0.15, -0.1) is 0 Å². The van der Waals surface area contributed by atoms with E-state index in [1.807, 2.05) is 0 Å². The predicted octanol–water partition coefficient (Wildman–Crippen LogP) is -0.666. The van der Waals surface area contributed by atoms with E-state index in [0.29, 0.717) is 6.42 Å². The third-order valence-corrected chi connectivity index (χ3v) is 2.95. The van der Waals surface area contributed by atoms with E-state index in [1.165, 1.54) is 0 Å². The summed E-state index contributed by atoms with van der Waals surface area (Å²) in [5, 5.41) is 13.7. The van der Waals surface area contributed by atoms with Gasteiger partial charge in [-0.1, -0.05) is 13.8 Å². The van der Waals surface area contributed by atoms with Gasteiger partial charge in [0.25, 0.3) is 0 Å². The van der Waals surface area contributed by atoms with Crippen LogP contribution in [-0.2, 0) is 14.8 Å². The number of aliphatic carboxylic acids is 1. The molecule has 0 fully saturated rings. The van der Waals surface area contributed by atoms with Crippen molar-refractivity contribution in [2.75, 3.05) is 19.3 Å². The van der Waals surface area contributed by atoms with Gasteiger partial charge in [0, 0.05) is 13.1 Å². The highest BCUT2D eigenvalue weighted by Crippen LogP contribution is 2.01. The molecule has 0 bridgehead atoms. The number of amides is 2. The smallest absolute Gasteiger partial charge is 0.326 e. The lowest BCUT2D eigenvalue weighted by Crippen LogP contribution is -2.48. The van der Waals surface area contributed by atoms with Crippen LogP contribution in [0, 0.1) is 5.92 Å². The third kappa shape index (κ3) is 9.25. The highest BCUT2D eigenvalue weighted by Gasteiger charge is 2.22. The van der Waals surface area contributed by atoms with Crippen LogP contribution in [0.2, 0.25) is 0 Å². The molecular formula is C10H21N3O5S. The van der Waals surface area contributed by atoms with Crippen LogP contribution in [0.4, 0.5) is 4.79 Å². The monoisotopic (exact) mass is 295 g/mol. The number of hydrogen-bond acceptors (Lipinski definition) is 4. The largest absolute Gasteiger partial charge is 0.480 e. The van der Waals surface area contributed by atoms with Gasteiger partial charge >= 0.3 is 12.0 Å². The minimum atomic E-state index is -3.22. The van der Waals surface area contributed by atoms with E-state index in [1.54, 1.807) is 13.8 Å². The lowest BCUT2D eigenvalue weighted by Gasteiger charge is -2.18. The first-order valence-electron chi connectivity index (χ1n) is 5.85. The molecule has 0 aromatic rings. The summed E-state index contributed by atoms with van der Waals surface area (Å²) in [4.78, 5) is 22.2. The van der Waals surface area contributed by atoms with Crippen LogP contribution < -0.4 is 15.4 Å². The van der Waals surface area contributed by atoms with Gasteiger partial charge in [-0.05, 0) is 12.3 Å². The predicted molar refractivity (Wildman–Crippen MR) is 70.3 cm³/mol. The van der Waals surface area contributed by atoms with Gasteiger partial charge in [0.05, 0.1) is 6.26 Å². The Kier molecular flexibility index (Phi) is 7.38. The van der Waals surface area contributed by atoms with Gasteiger partial charge in [-0.3, -0.25) is 0 Å². The van der Waals surface area contributed by atoms with E-state index in [0.717, 1.165) is 6.26 Å². The number of hydrogen-bond donors (Lipinski definition) is 4. The molecule has 112 valence electrons. The number of carbonyl (C=O) groups excluding carboxylic acids is 1. The number of sulfonamides is 1. The molecule has 1 atom stereocenters. The molecule has 2 amide bonds. The fourth-order valence-corrected chi connectivity index (χ4v) is 1.77. The molecule has 0 spiro atoms. The molecule has 0 aromatic heterocycles. The number of rotatable bonds is 8. The van der Waals surface area contributed by atoms with Crippen LogP contribution in [0.25, 0.3) is 0 Å². The molecule has 0 aliphatic rings. The first-order chi connectivity index (χ1) is 8.63. The molecule has 0 rings (SSSR count). The number of carboxylic acids is 1. The van der Waals surface area contributed by atoms with E-state index in [9.17, 15) is 18.0 Å². The number of carboxylic acid groups (broad SMARTS) is 1. The molecule has 0 radical (unpaired) electrons. The van der Waals surface area contributed by atoms with Crippen molar-refractivity contribution < 1.29 is 23.1 Å². The summed E-state index contributed by atoms with van der Waals surface area (Å²) in [5.74, 6) is -1.32. The topological polar surface area (TPSA) is 125 Å². The van der Waals surface area contributed by atoms with Crippen molar-refractivity contribution in [1.82, 2.24) is 15.4 Å². The Morgan fingerprint density at radius 3 is 2.21 bits per heavy atom. The molecule has 4 N–H and O–H groups in total. The van der Waals surface area contributed by atoms with Gasteiger partial charge in [-0.2, -0.15) is 0 Å². The Labute approximate surface area is 113 Å². The number of nitrogens with one attached hydrogen (secondary N) is 3. The van der Waals surface area contributed by atoms with E-state index in [-0.39, 0.29) is 19.0 Å². The lowest BCUT2D eigenvalue weighted by atomic mass is 10.1. The van der Waals surface area contributed by atoms with Crippen LogP contribution >= 0.6 is 0 Å². The second-order valence-electron chi connectivity index (χ2n) is 4.48. The van der Waals surface area contributed by atoms with Crippen LogP contribution in [0.1, 0.15) is 20.3 Å². The van der Waals surface area contributed by atoms with Crippen molar-refractivity contribution in [3.8, 4) is 0 Å². The summed E-state index contributed by atoms with van der Waals surface area (Å²) in [6, 6.07) is -1.53. The summed E-state index contributed by atoms with van der Waals surface area (Å²) in [6.07, 6.45) is 1.47. The van der Waals surface area contributed by atoms with Crippen molar-refractivity contribution >= 4 is 22.0 Å². The Bertz CT molecular complexity index is 407. The molecule has 8 nitrogen and oxygen atoms in total. The van der Waals surface area contributed by atoms with Gasteiger partial charge in [0.2, 0.25) is 10.0 Å². The molecule has 1 unspecified atom stereocenters. The molecule has 0 heterocycles. The highest BCUT2D eigenvalue weighted by atomic mass is 32.2. The van der Waals surface area contributed by atoms with E-state index >= 15 is 0 Å². The number of carbonyl (C=O) groups is 2. The van der Waals surface area contributed by atoms with E-state index < -0.39 is 28.1 Å². The minimum Gasteiger partial charge on any atom is -0.480 e. The van der Waals surface area contributed by atoms with Crippen molar-refractivity contribution in [3.05, 3.63) is 0 Å². The maximum absolute atomic E-state index is 11.4. The molecule has 0 saturated carbocycles. The molecular weight excluding hydrogens is 274 g/mol. The zero-order valence-corrected chi connectivity index (χ0v) is 12.1. The SMILES string of the molecule is CC(C)C(NC(=O)NCCCNS(C)(=O)=O)C(=O)O. The normalized spacial score (nSPS) is 13.1. The summed E-state index contributed by atoms with van der Waals surface area (Å²) >= 11 is 0. The van der Waals surface area contributed by atoms with Gasteiger partial charge in [0.15, 0.2) is 0 Å². The quantitative estimate of drug-likeness (QED) is 0.442. The third-order valence-electron chi connectivity index (χ3n) is 2.22. The summed E-state index contributed by atoms with van der Waals surface area (Å²) in [7, 11) is -3.22. The first-order valence-corrected chi connectivity index (χ1v) is 7.74. The summed E-state index contributed by atoms with van der Waals surface area (Å²) < 4.78 is 23.8. The van der Waals surface area contributed by atoms with Crippen molar-refractivity contribution in [3.63, 3.8) is 0 Å². The van der Waals surface area contributed by atoms with Crippen LogP contribution in [0.5, 0.6) is 0 Å².